The molecule has 0 radical (unpaired) electrons. The number of methoxy groups -OCH3 is 1. The van der Waals surface area contributed by atoms with Gasteiger partial charge in [0, 0.05) is 19.3 Å². The van der Waals surface area contributed by atoms with Crippen LogP contribution in [-0.2, 0) is 14.6 Å². The topological polar surface area (TPSA) is 63.7 Å². The van der Waals surface area contributed by atoms with Gasteiger partial charge in [0.2, 0.25) is 0 Å². The molecule has 120 valence electrons. The number of hydrogen-bond acceptors (Lipinski definition) is 5. The SMILES string of the molecule is COC(=O)c1ccc(S(C)(=O)=O)cc1N1CCC2(CC1)CC2. The Labute approximate surface area is 131 Å². The van der Waals surface area contributed by atoms with Crippen molar-refractivity contribution in [2.45, 2.75) is 30.6 Å². The van der Waals surface area contributed by atoms with E-state index in [0.29, 0.717) is 16.7 Å². The Morgan fingerprint density at radius 3 is 2.32 bits per heavy atom. The first kappa shape index (κ1) is 15.3. The van der Waals surface area contributed by atoms with Crippen molar-refractivity contribution in [3.8, 4) is 0 Å². The molecular formula is C16H21NO4S. The molecule has 1 saturated heterocycles. The molecule has 3 rings (SSSR count). The minimum Gasteiger partial charge on any atom is -0.465 e. The molecule has 0 N–H and O–H groups in total. The Balaban J connectivity index is 1.96. The molecule has 1 spiro atoms. The highest BCUT2D eigenvalue weighted by atomic mass is 32.2. The van der Waals surface area contributed by atoms with Gasteiger partial charge in [0.15, 0.2) is 9.84 Å². The molecule has 1 heterocycles. The van der Waals surface area contributed by atoms with E-state index >= 15 is 0 Å². The average molecular weight is 323 g/mol. The first-order valence-electron chi connectivity index (χ1n) is 7.52. The lowest BCUT2D eigenvalue weighted by atomic mass is 9.93. The van der Waals surface area contributed by atoms with Crippen molar-refractivity contribution >= 4 is 21.5 Å². The van der Waals surface area contributed by atoms with Gasteiger partial charge in [-0.05, 0) is 49.3 Å². The van der Waals surface area contributed by atoms with Crippen LogP contribution in [0.25, 0.3) is 0 Å². The van der Waals surface area contributed by atoms with Gasteiger partial charge in [0.05, 0.1) is 23.3 Å². The summed E-state index contributed by atoms with van der Waals surface area (Å²) in [4.78, 5) is 14.3. The van der Waals surface area contributed by atoms with Crippen molar-refractivity contribution in [2.75, 3.05) is 31.4 Å². The number of benzene rings is 1. The number of nitrogens with zero attached hydrogens (tertiary/aromatic N) is 1. The lowest BCUT2D eigenvalue weighted by Gasteiger charge is -2.34. The molecule has 0 amide bonds. The predicted molar refractivity (Wildman–Crippen MR) is 84.0 cm³/mol. The second-order valence-electron chi connectivity index (χ2n) is 6.43. The highest BCUT2D eigenvalue weighted by molar-refractivity contribution is 7.90. The molecule has 0 unspecified atom stereocenters. The summed E-state index contributed by atoms with van der Waals surface area (Å²) < 4.78 is 28.4. The van der Waals surface area contributed by atoms with Gasteiger partial charge in [-0.15, -0.1) is 0 Å². The monoisotopic (exact) mass is 323 g/mol. The molecule has 0 aromatic heterocycles. The van der Waals surface area contributed by atoms with Crippen molar-refractivity contribution < 1.29 is 17.9 Å². The number of sulfone groups is 1. The number of piperidine rings is 1. The second-order valence-corrected chi connectivity index (χ2v) is 8.45. The van der Waals surface area contributed by atoms with E-state index in [1.165, 1.54) is 32.3 Å². The fourth-order valence-electron chi connectivity index (χ4n) is 3.19. The molecular weight excluding hydrogens is 302 g/mol. The maximum atomic E-state index is 12.0. The summed E-state index contributed by atoms with van der Waals surface area (Å²) in [6.07, 6.45) is 5.99. The highest BCUT2D eigenvalue weighted by Gasteiger charge is 2.44. The minimum absolute atomic E-state index is 0.238. The van der Waals surface area contributed by atoms with E-state index in [2.05, 4.69) is 4.90 Å². The third-order valence-electron chi connectivity index (χ3n) is 4.92. The molecule has 2 aliphatic rings. The van der Waals surface area contributed by atoms with Crippen LogP contribution < -0.4 is 4.90 Å². The molecule has 1 aromatic carbocycles. The van der Waals surface area contributed by atoms with Crippen molar-refractivity contribution in [2.24, 2.45) is 5.41 Å². The van der Waals surface area contributed by atoms with Crippen LogP contribution in [0.3, 0.4) is 0 Å². The number of rotatable bonds is 3. The van der Waals surface area contributed by atoms with E-state index in [-0.39, 0.29) is 4.90 Å². The van der Waals surface area contributed by atoms with Crippen LogP contribution in [0.15, 0.2) is 23.1 Å². The molecule has 1 aliphatic carbocycles. The summed E-state index contributed by atoms with van der Waals surface area (Å²) in [6, 6.07) is 4.63. The third kappa shape index (κ3) is 2.84. The van der Waals surface area contributed by atoms with Crippen LogP contribution in [-0.4, -0.2) is 40.8 Å². The first-order chi connectivity index (χ1) is 10.3. The fourth-order valence-corrected chi connectivity index (χ4v) is 3.83. The molecule has 2 fully saturated rings. The van der Waals surface area contributed by atoms with Gasteiger partial charge in [-0.2, -0.15) is 0 Å². The summed E-state index contributed by atoms with van der Waals surface area (Å²) in [6.45, 7) is 1.72. The first-order valence-corrected chi connectivity index (χ1v) is 9.41. The maximum absolute atomic E-state index is 12.0. The smallest absolute Gasteiger partial charge is 0.339 e. The molecule has 22 heavy (non-hydrogen) atoms. The Kier molecular flexibility index (Phi) is 3.67. The van der Waals surface area contributed by atoms with Crippen LogP contribution in [0.1, 0.15) is 36.0 Å². The van der Waals surface area contributed by atoms with Gasteiger partial charge in [-0.25, -0.2) is 13.2 Å². The lowest BCUT2D eigenvalue weighted by Crippen LogP contribution is -2.35. The van der Waals surface area contributed by atoms with Gasteiger partial charge < -0.3 is 9.64 Å². The summed E-state index contributed by atoms with van der Waals surface area (Å²) in [5, 5.41) is 0. The van der Waals surface area contributed by atoms with E-state index in [1.807, 2.05) is 0 Å². The summed E-state index contributed by atoms with van der Waals surface area (Å²) in [5.41, 5.74) is 1.63. The zero-order valence-corrected chi connectivity index (χ0v) is 13.8. The Morgan fingerprint density at radius 2 is 1.82 bits per heavy atom. The molecule has 0 atom stereocenters. The van der Waals surface area contributed by atoms with Crippen molar-refractivity contribution in [3.63, 3.8) is 0 Å². The lowest BCUT2D eigenvalue weighted by molar-refractivity contribution is 0.0601. The number of carbonyl (C=O) groups is 1. The predicted octanol–water partition coefficient (Wildman–Crippen LogP) is 2.26. The van der Waals surface area contributed by atoms with E-state index in [0.717, 1.165) is 25.9 Å². The van der Waals surface area contributed by atoms with Gasteiger partial charge >= 0.3 is 5.97 Å². The van der Waals surface area contributed by atoms with Crippen molar-refractivity contribution in [1.29, 1.82) is 0 Å². The van der Waals surface area contributed by atoms with E-state index < -0.39 is 15.8 Å². The highest BCUT2D eigenvalue weighted by Crippen LogP contribution is 2.54. The van der Waals surface area contributed by atoms with Crippen LogP contribution in [0.5, 0.6) is 0 Å². The van der Waals surface area contributed by atoms with E-state index in [9.17, 15) is 13.2 Å². The van der Waals surface area contributed by atoms with Crippen LogP contribution in [0, 0.1) is 5.41 Å². The van der Waals surface area contributed by atoms with Gasteiger partial charge in [0.1, 0.15) is 0 Å². The quantitative estimate of drug-likeness (QED) is 0.798. The number of carbonyl (C=O) groups excluding carboxylic acids is 1. The van der Waals surface area contributed by atoms with Crippen LogP contribution >= 0.6 is 0 Å². The molecule has 1 aliphatic heterocycles. The van der Waals surface area contributed by atoms with Crippen molar-refractivity contribution in [1.82, 2.24) is 0 Å². The van der Waals surface area contributed by atoms with Gasteiger partial charge in [-0.1, -0.05) is 0 Å². The van der Waals surface area contributed by atoms with Crippen LogP contribution in [0.2, 0.25) is 0 Å². The van der Waals surface area contributed by atoms with Gasteiger partial charge in [0.25, 0.3) is 0 Å². The summed E-state index contributed by atoms with van der Waals surface area (Å²) in [7, 11) is -1.96. The fraction of sp³-hybridized carbons (Fsp3) is 0.562. The maximum Gasteiger partial charge on any atom is 0.339 e. The van der Waals surface area contributed by atoms with E-state index in [1.54, 1.807) is 12.1 Å². The third-order valence-corrected chi connectivity index (χ3v) is 6.03. The Bertz CT molecular complexity index is 697. The number of ether oxygens (including phenoxy) is 1. The normalized spacial score (nSPS) is 20.0. The summed E-state index contributed by atoms with van der Waals surface area (Å²) >= 11 is 0. The Hall–Kier alpha value is -1.56. The molecule has 6 heteroatoms. The molecule has 5 nitrogen and oxygen atoms in total. The van der Waals surface area contributed by atoms with E-state index in [4.69, 9.17) is 4.74 Å². The number of hydrogen-bond donors (Lipinski definition) is 0. The zero-order valence-electron chi connectivity index (χ0n) is 13.0. The van der Waals surface area contributed by atoms with Crippen LogP contribution in [0.4, 0.5) is 5.69 Å². The number of esters is 1. The zero-order chi connectivity index (χ0) is 16.0. The van der Waals surface area contributed by atoms with Crippen molar-refractivity contribution in [3.05, 3.63) is 23.8 Å². The average Bonchev–Trinajstić information content (AvgIpc) is 3.25. The molecule has 0 bridgehead atoms. The Morgan fingerprint density at radius 1 is 1.18 bits per heavy atom. The summed E-state index contributed by atoms with van der Waals surface area (Å²) in [5.74, 6) is -0.429. The molecule has 1 saturated carbocycles. The second kappa shape index (κ2) is 5.26. The van der Waals surface area contributed by atoms with Gasteiger partial charge in [-0.3, -0.25) is 0 Å². The molecule has 1 aromatic rings. The minimum atomic E-state index is -3.30. The largest absolute Gasteiger partial charge is 0.465 e. The number of anilines is 1. The standard InChI is InChI=1S/C16H21NO4S/c1-21-15(18)13-4-3-12(22(2,19)20)11-14(13)17-9-7-16(5-6-16)8-10-17/h3-4,11H,5-10H2,1-2H3.